The maximum Gasteiger partial charge on any atom is 0.128 e. The molecular weight excluding hydrogens is 212 g/mol. The summed E-state index contributed by atoms with van der Waals surface area (Å²) in [6.07, 6.45) is 6.34. The Morgan fingerprint density at radius 1 is 1.47 bits per heavy atom. The Bertz CT molecular complexity index is 391. The van der Waals surface area contributed by atoms with Crippen molar-refractivity contribution in [3.8, 4) is 6.07 Å². The van der Waals surface area contributed by atoms with E-state index in [-0.39, 0.29) is 0 Å². The molecular formula is C13H18N4. The molecule has 0 spiro atoms. The lowest BCUT2D eigenvalue weighted by Crippen LogP contribution is -2.41. The number of nitrogens with two attached hydrogens (primary N) is 1. The number of nitrogens with zero attached hydrogens (tertiary/aromatic N) is 3. The van der Waals surface area contributed by atoms with Crippen LogP contribution in [-0.2, 0) is 0 Å². The van der Waals surface area contributed by atoms with Crippen molar-refractivity contribution in [2.75, 3.05) is 18.0 Å². The second kappa shape index (κ2) is 5.65. The van der Waals surface area contributed by atoms with E-state index in [1.165, 1.54) is 19.3 Å². The van der Waals surface area contributed by atoms with E-state index in [9.17, 15) is 0 Å². The van der Waals surface area contributed by atoms with Crippen LogP contribution in [0.2, 0.25) is 0 Å². The average Bonchev–Trinajstić information content (AvgIpc) is 2.40. The molecule has 1 aliphatic rings. The predicted molar refractivity (Wildman–Crippen MR) is 67.6 cm³/mol. The molecule has 1 saturated heterocycles. The van der Waals surface area contributed by atoms with Gasteiger partial charge in [0.2, 0.25) is 0 Å². The van der Waals surface area contributed by atoms with Crippen LogP contribution in [0.5, 0.6) is 0 Å². The fourth-order valence-corrected chi connectivity index (χ4v) is 2.42. The van der Waals surface area contributed by atoms with Crippen LogP contribution in [0.15, 0.2) is 18.3 Å². The number of pyridine rings is 1. The van der Waals surface area contributed by atoms with Crippen molar-refractivity contribution in [2.45, 2.75) is 31.7 Å². The van der Waals surface area contributed by atoms with Crippen molar-refractivity contribution in [3.63, 3.8) is 0 Å². The summed E-state index contributed by atoms with van der Waals surface area (Å²) < 4.78 is 0. The van der Waals surface area contributed by atoms with Crippen molar-refractivity contribution in [1.29, 1.82) is 5.26 Å². The molecule has 0 radical (unpaired) electrons. The van der Waals surface area contributed by atoms with Gasteiger partial charge < -0.3 is 10.6 Å². The van der Waals surface area contributed by atoms with Gasteiger partial charge in [-0.05, 0) is 44.4 Å². The first-order chi connectivity index (χ1) is 8.35. The summed E-state index contributed by atoms with van der Waals surface area (Å²) in [7, 11) is 0. The molecule has 90 valence electrons. The van der Waals surface area contributed by atoms with Crippen molar-refractivity contribution in [1.82, 2.24) is 4.98 Å². The van der Waals surface area contributed by atoms with E-state index in [0.717, 1.165) is 25.3 Å². The van der Waals surface area contributed by atoms with E-state index in [1.54, 1.807) is 6.20 Å². The number of anilines is 1. The first kappa shape index (κ1) is 11.9. The fourth-order valence-electron chi connectivity index (χ4n) is 2.42. The van der Waals surface area contributed by atoms with Crippen LogP contribution in [0.25, 0.3) is 0 Å². The summed E-state index contributed by atoms with van der Waals surface area (Å²) in [5.41, 5.74) is 6.27. The molecule has 1 aromatic rings. The normalized spacial score (nSPS) is 20.0. The zero-order valence-corrected chi connectivity index (χ0v) is 9.97. The van der Waals surface area contributed by atoms with Gasteiger partial charge in [0.1, 0.15) is 11.9 Å². The molecule has 4 heteroatoms. The highest BCUT2D eigenvalue weighted by molar-refractivity contribution is 5.43. The van der Waals surface area contributed by atoms with Crippen LogP contribution >= 0.6 is 0 Å². The Morgan fingerprint density at radius 2 is 2.35 bits per heavy atom. The van der Waals surface area contributed by atoms with Crippen LogP contribution in [0.1, 0.15) is 31.2 Å². The van der Waals surface area contributed by atoms with Gasteiger partial charge in [0, 0.05) is 18.8 Å². The number of piperidine rings is 1. The monoisotopic (exact) mass is 230 g/mol. The third kappa shape index (κ3) is 2.75. The summed E-state index contributed by atoms with van der Waals surface area (Å²) in [5.74, 6) is 0.974. The third-order valence-corrected chi connectivity index (χ3v) is 3.30. The summed E-state index contributed by atoms with van der Waals surface area (Å²) in [5, 5.41) is 8.75. The molecule has 0 aromatic carbocycles. The van der Waals surface area contributed by atoms with Gasteiger partial charge >= 0.3 is 0 Å². The largest absolute Gasteiger partial charge is 0.354 e. The molecule has 1 unspecified atom stereocenters. The number of rotatable bonds is 3. The Hall–Kier alpha value is -1.60. The predicted octanol–water partition coefficient (Wildman–Crippen LogP) is 1.66. The Morgan fingerprint density at radius 3 is 3.00 bits per heavy atom. The zero-order valence-electron chi connectivity index (χ0n) is 9.97. The highest BCUT2D eigenvalue weighted by Gasteiger charge is 2.22. The van der Waals surface area contributed by atoms with Crippen LogP contribution in [0.3, 0.4) is 0 Å². The first-order valence-electron chi connectivity index (χ1n) is 6.18. The number of nitriles is 1. The molecule has 0 amide bonds. The molecule has 0 aliphatic carbocycles. The van der Waals surface area contributed by atoms with Crippen LogP contribution in [0, 0.1) is 11.3 Å². The van der Waals surface area contributed by atoms with Crippen molar-refractivity contribution >= 4 is 5.82 Å². The Balaban J connectivity index is 2.14. The molecule has 1 aliphatic heterocycles. The SMILES string of the molecule is N#Cc1ccc(N2CCCCC2CCN)nc1. The zero-order chi connectivity index (χ0) is 12.1. The minimum absolute atomic E-state index is 0.509. The lowest BCUT2D eigenvalue weighted by molar-refractivity contribution is 0.439. The van der Waals surface area contributed by atoms with Gasteiger partial charge in [-0.2, -0.15) is 5.26 Å². The minimum Gasteiger partial charge on any atom is -0.354 e. The van der Waals surface area contributed by atoms with Gasteiger partial charge in [-0.1, -0.05) is 0 Å². The third-order valence-electron chi connectivity index (χ3n) is 3.30. The number of hydrogen-bond acceptors (Lipinski definition) is 4. The molecule has 0 saturated carbocycles. The van der Waals surface area contributed by atoms with Crippen molar-refractivity contribution in [2.24, 2.45) is 5.73 Å². The molecule has 2 N–H and O–H groups in total. The van der Waals surface area contributed by atoms with Gasteiger partial charge in [0.25, 0.3) is 0 Å². The standard InChI is InChI=1S/C13H18N4/c14-7-6-12-3-1-2-8-17(12)13-5-4-11(9-15)10-16-13/h4-5,10,12H,1-3,6-8,14H2. The smallest absolute Gasteiger partial charge is 0.128 e. The lowest BCUT2D eigenvalue weighted by Gasteiger charge is -2.36. The Kier molecular flexibility index (Phi) is 3.94. The Labute approximate surface area is 102 Å². The lowest BCUT2D eigenvalue weighted by atomic mass is 9.99. The second-order valence-corrected chi connectivity index (χ2v) is 4.44. The molecule has 2 rings (SSSR count). The van der Waals surface area contributed by atoms with E-state index in [1.807, 2.05) is 12.1 Å². The van der Waals surface area contributed by atoms with Crippen LogP contribution in [0.4, 0.5) is 5.82 Å². The second-order valence-electron chi connectivity index (χ2n) is 4.44. The average molecular weight is 230 g/mol. The maximum atomic E-state index is 8.75. The molecule has 1 aromatic heterocycles. The summed E-state index contributed by atoms with van der Waals surface area (Å²) in [4.78, 5) is 6.70. The molecule has 17 heavy (non-hydrogen) atoms. The topological polar surface area (TPSA) is 65.9 Å². The van der Waals surface area contributed by atoms with Gasteiger partial charge in [-0.25, -0.2) is 4.98 Å². The van der Waals surface area contributed by atoms with Crippen LogP contribution < -0.4 is 10.6 Å². The number of hydrogen-bond donors (Lipinski definition) is 1. The van der Waals surface area contributed by atoms with Crippen molar-refractivity contribution < 1.29 is 0 Å². The van der Waals surface area contributed by atoms with Gasteiger partial charge in [0.05, 0.1) is 5.56 Å². The van der Waals surface area contributed by atoms with Gasteiger partial charge in [0.15, 0.2) is 0 Å². The minimum atomic E-state index is 0.509. The molecule has 1 atom stereocenters. The fraction of sp³-hybridized carbons (Fsp3) is 0.538. The first-order valence-corrected chi connectivity index (χ1v) is 6.18. The molecule has 0 bridgehead atoms. The van der Waals surface area contributed by atoms with Gasteiger partial charge in [-0.3, -0.25) is 0 Å². The maximum absolute atomic E-state index is 8.75. The van der Waals surface area contributed by atoms with E-state index in [4.69, 9.17) is 11.0 Å². The van der Waals surface area contributed by atoms with E-state index >= 15 is 0 Å². The highest BCUT2D eigenvalue weighted by atomic mass is 15.2. The molecule has 1 fully saturated rings. The quantitative estimate of drug-likeness (QED) is 0.857. The number of aromatic nitrogens is 1. The molecule has 4 nitrogen and oxygen atoms in total. The highest BCUT2D eigenvalue weighted by Crippen LogP contribution is 2.24. The summed E-state index contributed by atoms with van der Waals surface area (Å²) in [6.45, 7) is 1.76. The van der Waals surface area contributed by atoms with E-state index in [0.29, 0.717) is 11.6 Å². The van der Waals surface area contributed by atoms with E-state index in [2.05, 4.69) is 16.0 Å². The van der Waals surface area contributed by atoms with E-state index < -0.39 is 0 Å². The molecule has 2 heterocycles. The van der Waals surface area contributed by atoms with Gasteiger partial charge in [-0.15, -0.1) is 0 Å². The summed E-state index contributed by atoms with van der Waals surface area (Å²) in [6, 6.07) is 6.37. The van der Waals surface area contributed by atoms with Crippen LogP contribution in [-0.4, -0.2) is 24.1 Å². The van der Waals surface area contributed by atoms with Crippen molar-refractivity contribution in [3.05, 3.63) is 23.9 Å². The summed E-state index contributed by atoms with van der Waals surface area (Å²) >= 11 is 0.